The molecule has 15 heteroatoms. The molecular formula is C17H15N4NaO6S4. The van der Waals surface area contributed by atoms with Gasteiger partial charge in [0.15, 0.2) is 6.04 Å². The summed E-state index contributed by atoms with van der Waals surface area (Å²) in [6.07, 6.45) is 0.0746. The summed E-state index contributed by atoms with van der Waals surface area (Å²) >= 11 is 3.49. The smallest absolute Gasteiger partial charge is 0.862 e. The molecule has 0 bridgehead atoms. The van der Waals surface area contributed by atoms with Crippen molar-refractivity contribution in [1.29, 1.82) is 0 Å². The number of aryl methyl sites for hydroxylation is 1. The molecule has 2 aromatic heterocycles. The Labute approximate surface area is 217 Å². The molecule has 2 aliphatic heterocycles. The van der Waals surface area contributed by atoms with Crippen molar-refractivity contribution in [3.63, 3.8) is 0 Å². The first-order chi connectivity index (χ1) is 14.7. The van der Waals surface area contributed by atoms with Gasteiger partial charge in [0.2, 0.25) is 14.2 Å². The second-order valence-corrected chi connectivity index (χ2v) is 12.2. The number of aliphatic imine (C=N–C) groups is 1. The summed E-state index contributed by atoms with van der Waals surface area (Å²) < 4.78 is 25.1. The van der Waals surface area contributed by atoms with Crippen molar-refractivity contribution >= 4 is 62.0 Å². The van der Waals surface area contributed by atoms with Gasteiger partial charge in [-0.25, -0.2) is 13.2 Å². The molecule has 4 heterocycles. The maximum Gasteiger partial charge on any atom is 1.00 e. The Morgan fingerprint density at radius 3 is 2.75 bits per heavy atom. The number of thiophene rings is 1. The summed E-state index contributed by atoms with van der Waals surface area (Å²) in [5, 5.41) is 30.9. The number of carboxylic acids is 1. The van der Waals surface area contributed by atoms with Crippen molar-refractivity contribution in [3.05, 3.63) is 38.7 Å². The van der Waals surface area contributed by atoms with Crippen molar-refractivity contribution in [1.82, 2.24) is 15.1 Å². The second-order valence-electron chi connectivity index (χ2n) is 6.74. The molecule has 0 unspecified atom stereocenters. The van der Waals surface area contributed by atoms with E-state index in [1.165, 1.54) is 23.1 Å². The Morgan fingerprint density at radius 1 is 1.41 bits per heavy atom. The third-order valence-electron chi connectivity index (χ3n) is 4.55. The van der Waals surface area contributed by atoms with E-state index in [9.17, 15) is 28.2 Å². The number of amides is 1. The third-order valence-corrected chi connectivity index (χ3v) is 9.74. The van der Waals surface area contributed by atoms with Crippen LogP contribution in [0.1, 0.15) is 9.88 Å². The second kappa shape index (κ2) is 9.91. The van der Waals surface area contributed by atoms with Crippen LogP contribution >= 0.6 is 34.4 Å². The molecule has 32 heavy (non-hydrogen) atoms. The molecule has 10 nitrogen and oxygen atoms in total. The quantitative estimate of drug-likeness (QED) is 0.177. The van der Waals surface area contributed by atoms with Gasteiger partial charge in [-0.1, -0.05) is 17.4 Å². The average molecular weight is 523 g/mol. The van der Waals surface area contributed by atoms with Crippen LogP contribution in [0.5, 0.6) is 0 Å². The minimum Gasteiger partial charge on any atom is -0.862 e. The van der Waals surface area contributed by atoms with Crippen LogP contribution in [0.25, 0.3) is 0 Å². The number of thioether (sulfide) groups is 1. The van der Waals surface area contributed by atoms with Gasteiger partial charge in [0.1, 0.15) is 16.1 Å². The normalized spacial score (nSPS) is 21.1. The minimum absolute atomic E-state index is 0. The predicted octanol–water partition coefficient (Wildman–Crippen LogP) is -2.69. The van der Waals surface area contributed by atoms with E-state index >= 15 is 0 Å². The molecule has 1 amide bonds. The number of carboxylic acid groups (broad SMARTS) is 1. The summed E-state index contributed by atoms with van der Waals surface area (Å²) in [4.78, 5) is 30.3. The van der Waals surface area contributed by atoms with Crippen LogP contribution in [-0.2, 0) is 25.8 Å². The van der Waals surface area contributed by atoms with Crippen LogP contribution in [-0.4, -0.2) is 69.3 Å². The number of carbonyl (C=O) groups excluding carboxylic acids is 1. The standard InChI is InChI=1S/C17H16N4O6S4.Na/c1-8-19-20-17(30-8)31(26,27)7-9-6-29-15-12(14(23)21(15)13(9)16(24)25)18-11(22)5-10-3-2-4-28-10;/h2-4,12,15H,5-7H2,1H3,(H,18,22)(H,24,25);/q;+1/p-1/t12-,15-;/m1./s1. The Hall–Kier alpha value is -1.29. The van der Waals surface area contributed by atoms with E-state index in [2.05, 4.69) is 15.2 Å². The van der Waals surface area contributed by atoms with Crippen LogP contribution < -0.4 is 34.7 Å². The molecule has 2 aromatic rings. The fraction of sp³-hybridized carbons (Fsp3) is 0.353. The van der Waals surface area contributed by atoms with Gasteiger partial charge >= 0.3 is 35.5 Å². The molecule has 0 saturated carbocycles. The van der Waals surface area contributed by atoms with Crippen LogP contribution in [0.4, 0.5) is 0 Å². The fourth-order valence-corrected chi connectivity index (χ4v) is 7.82. The zero-order valence-electron chi connectivity index (χ0n) is 16.9. The molecule has 2 aliphatic rings. The molecule has 0 aliphatic carbocycles. The summed E-state index contributed by atoms with van der Waals surface area (Å²) in [5.41, 5.74) is -0.269. The maximum atomic E-state index is 12.6. The number of rotatable bonds is 7. The fourth-order valence-electron chi connectivity index (χ4n) is 3.22. The van der Waals surface area contributed by atoms with E-state index < -0.39 is 44.8 Å². The number of aromatic nitrogens is 2. The monoisotopic (exact) mass is 522 g/mol. The number of sulfone groups is 1. The van der Waals surface area contributed by atoms with Crippen molar-refractivity contribution in [2.45, 2.75) is 29.1 Å². The molecule has 4 rings (SSSR count). The summed E-state index contributed by atoms with van der Waals surface area (Å²) in [6, 6.07) is 2.62. The number of carbonyl (C=O) groups is 2. The van der Waals surface area contributed by atoms with E-state index in [-0.39, 0.29) is 57.3 Å². The van der Waals surface area contributed by atoms with Gasteiger partial charge in [0, 0.05) is 17.1 Å². The molecule has 0 spiro atoms. The number of aliphatic carboxylic acids is 1. The Morgan fingerprint density at radius 2 is 2.16 bits per heavy atom. The predicted molar refractivity (Wildman–Crippen MR) is 114 cm³/mol. The summed E-state index contributed by atoms with van der Waals surface area (Å²) in [7, 11) is -3.91. The van der Waals surface area contributed by atoms with Crippen LogP contribution in [0.2, 0.25) is 0 Å². The number of fused-ring (bicyclic) bond motifs is 1. The Kier molecular flexibility index (Phi) is 7.85. The minimum atomic E-state index is -3.91. The first kappa shape index (κ1) is 25.3. The van der Waals surface area contributed by atoms with E-state index in [0.29, 0.717) is 5.01 Å². The molecular weight excluding hydrogens is 507 g/mol. The number of nitrogens with zero attached hydrogens (tertiary/aromatic N) is 4. The number of β-lactam (4-membered cyclic amide) rings is 1. The van der Waals surface area contributed by atoms with Gasteiger partial charge in [-0.05, 0) is 29.8 Å². The largest absolute Gasteiger partial charge is 1.00 e. The molecule has 164 valence electrons. The van der Waals surface area contributed by atoms with Gasteiger partial charge in [-0.15, -0.1) is 33.3 Å². The number of hydrogen-bond acceptors (Lipinski definition) is 11. The van der Waals surface area contributed by atoms with Gasteiger partial charge < -0.3 is 10.2 Å². The maximum absolute atomic E-state index is 12.6. The van der Waals surface area contributed by atoms with E-state index in [0.717, 1.165) is 21.1 Å². The van der Waals surface area contributed by atoms with E-state index in [4.69, 9.17) is 0 Å². The number of hydrogen-bond donors (Lipinski definition) is 1. The Bertz CT molecular complexity index is 1210. The van der Waals surface area contributed by atoms with E-state index in [1.807, 2.05) is 11.4 Å². The molecule has 1 N–H and O–H groups in total. The van der Waals surface area contributed by atoms with Gasteiger partial charge in [0.05, 0.1) is 5.75 Å². The summed E-state index contributed by atoms with van der Waals surface area (Å²) in [6.45, 7) is 1.61. The van der Waals surface area contributed by atoms with Crippen LogP contribution in [0.3, 0.4) is 0 Å². The molecule has 1 saturated heterocycles. The van der Waals surface area contributed by atoms with Gasteiger partial charge in [0.25, 0.3) is 5.91 Å². The SMILES string of the molecule is Cc1nnc(S(=O)(=O)CC2=C(C(=O)O)N3C(=O)[C@@H](N=C([O-])Cc4cccs4)[C@H]3SC2)s1.[Na+]. The van der Waals surface area contributed by atoms with Gasteiger partial charge in [-0.3, -0.25) is 14.7 Å². The van der Waals surface area contributed by atoms with Crippen molar-refractivity contribution in [3.8, 4) is 0 Å². The van der Waals surface area contributed by atoms with Crippen molar-refractivity contribution < 1.29 is 57.8 Å². The topological polar surface area (TPSA) is 153 Å². The Balaban J connectivity index is 0.00000289. The van der Waals surface area contributed by atoms with Crippen LogP contribution in [0.15, 0.2) is 38.1 Å². The van der Waals surface area contributed by atoms with Crippen molar-refractivity contribution in [2.24, 2.45) is 4.99 Å². The third kappa shape index (κ3) is 4.95. The zero-order valence-corrected chi connectivity index (χ0v) is 22.2. The molecule has 2 atom stereocenters. The average Bonchev–Trinajstić information content (AvgIpc) is 3.37. The van der Waals surface area contributed by atoms with Crippen LogP contribution in [0, 0.1) is 6.92 Å². The van der Waals surface area contributed by atoms with Gasteiger partial charge in [-0.2, -0.15) is 0 Å². The van der Waals surface area contributed by atoms with E-state index in [1.54, 1.807) is 13.0 Å². The molecule has 0 aromatic carbocycles. The molecule has 1 fully saturated rings. The molecule has 0 radical (unpaired) electrons. The first-order valence-corrected chi connectivity index (χ1v) is 13.3. The van der Waals surface area contributed by atoms with Crippen molar-refractivity contribution in [2.75, 3.05) is 11.5 Å². The summed E-state index contributed by atoms with van der Waals surface area (Å²) in [5.74, 6) is -2.98. The zero-order chi connectivity index (χ0) is 22.3. The first-order valence-electron chi connectivity index (χ1n) is 8.86.